The highest BCUT2D eigenvalue weighted by molar-refractivity contribution is 6.22. The zero-order valence-corrected chi connectivity index (χ0v) is 55.3. The van der Waals surface area contributed by atoms with Gasteiger partial charge in [0.1, 0.15) is 61.9 Å². The molecule has 28 nitrogen and oxygen atoms in total. The Bertz CT molecular complexity index is 3430. The molecule has 526 valence electrons. The smallest absolute Gasteiger partial charge is 0.305 e. The summed E-state index contributed by atoms with van der Waals surface area (Å²) in [5.41, 5.74) is 1.07. The normalized spacial score (nSPS) is 26.5. The molecular weight excluding hydrogens is 1280 g/mol. The van der Waals surface area contributed by atoms with E-state index in [2.05, 4.69) is 0 Å². The van der Waals surface area contributed by atoms with E-state index in [4.69, 9.17) is 71.1 Å². The fourth-order valence-electron chi connectivity index (χ4n) is 12.5. The summed E-state index contributed by atoms with van der Waals surface area (Å²) in [5, 5.41) is 0. The molecule has 5 heterocycles. The zero-order valence-electron chi connectivity index (χ0n) is 55.3. The molecule has 28 heteroatoms. The highest BCUT2D eigenvalue weighted by atomic mass is 16.8. The lowest BCUT2D eigenvalue weighted by Gasteiger charge is -2.51. The number of carbonyl (C=O) groups is 11. The van der Waals surface area contributed by atoms with E-state index in [1.165, 1.54) is 55.6 Å². The van der Waals surface area contributed by atoms with Crippen LogP contribution in [0.5, 0.6) is 0 Å². The molecular formula is C70H80N2O26. The number of methoxy groups -OCH3 is 1. The molecule has 5 aliphatic heterocycles. The summed E-state index contributed by atoms with van der Waals surface area (Å²) in [6, 6.07) is 25.9. The number of benzene rings is 4. The maximum atomic E-state index is 15.0. The van der Waals surface area contributed by atoms with Gasteiger partial charge in [0.15, 0.2) is 43.3 Å². The molecule has 4 aromatic rings. The van der Waals surface area contributed by atoms with Crippen molar-refractivity contribution in [3.63, 3.8) is 0 Å². The van der Waals surface area contributed by atoms with E-state index < -0.39 is 171 Å². The van der Waals surface area contributed by atoms with Crippen molar-refractivity contribution in [2.24, 2.45) is 0 Å². The first-order chi connectivity index (χ1) is 47.1. The molecule has 0 N–H and O–H groups in total. The average molecular weight is 1370 g/mol. The van der Waals surface area contributed by atoms with Gasteiger partial charge in [-0.05, 0) is 48.2 Å². The highest BCUT2D eigenvalue weighted by Gasteiger charge is 2.62. The second-order valence-corrected chi connectivity index (χ2v) is 23.8. The summed E-state index contributed by atoms with van der Waals surface area (Å²) in [7, 11) is 1.33. The number of unbranched alkanes of at least 4 members (excludes halogenated alkanes) is 5. The largest absolute Gasteiger partial charge is 0.469 e. The van der Waals surface area contributed by atoms with Crippen LogP contribution < -0.4 is 0 Å². The van der Waals surface area contributed by atoms with E-state index in [1.54, 1.807) is 60.7 Å². The predicted molar refractivity (Wildman–Crippen MR) is 334 cm³/mol. The van der Waals surface area contributed by atoms with Gasteiger partial charge in [0.05, 0.1) is 49.2 Å². The number of imide groups is 2. The lowest BCUT2D eigenvalue weighted by Crippen LogP contribution is -2.70. The summed E-state index contributed by atoms with van der Waals surface area (Å²) < 4.78 is 94.6. The van der Waals surface area contributed by atoms with Crippen LogP contribution in [0.15, 0.2) is 109 Å². The number of hydrogen-bond acceptors (Lipinski definition) is 26. The Hall–Kier alpha value is -8.87. The molecule has 0 spiro atoms. The van der Waals surface area contributed by atoms with E-state index in [-0.39, 0.29) is 54.5 Å². The fraction of sp³-hybridized carbons (Fsp3) is 0.500. The third-order valence-corrected chi connectivity index (χ3v) is 16.7. The molecule has 9 rings (SSSR count). The molecule has 0 aromatic heterocycles. The van der Waals surface area contributed by atoms with E-state index >= 15 is 0 Å². The summed E-state index contributed by atoms with van der Waals surface area (Å²) in [6.45, 7) is 4.00. The van der Waals surface area contributed by atoms with Crippen LogP contribution in [0, 0.1) is 0 Å². The van der Waals surface area contributed by atoms with E-state index in [1.807, 2.05) is 0 Å². The van der Waals surface area contributed by atoms with Crippen molar-refractivity contribution in [3.8, 4) is 0 Å². The molecule has 5 aliphatic rings. The van der Waals surface area contributed by atoms with Crippen LogP contribution in [0.2, 0.25) is 0 Å². The van der Waals surface area contributed by atoms with Gasteiger partial charge in [-0.15, -0.1) is 0 Å². The molecule has 4 aromatic carbocycles. The Morgan fingerprint density at radius 2 is 0.755 bits per heavy atom. The van der Waals surface area contributed by atoms with Gasteiger partial charge < -0.3 is 71.1 Å². The minimum atomic E-state index is -1.99. The monoisotopic (exact) mass is 1360 g/mol. The first-order valence-electron chi connectivity index (χ1n) is 32.3. The van der Waals surface area contributed by atoms with Crippen LogP contribution >= 0.6 is 0 Å². The third-order valence-electron chi connectivity index (χ3n) is 16.7. The summed E-state index contributed by atoms with van der Waals surface area (Å²) >= 11 is 0. The number of nitrogens with zero attached hydrogens (tertiary/aromatic N) is 2. The SMILES string of the molecule is COC(=O)CCCCCCCCO[C@H]1O[C@H](CO[C@@H]2O[C@H](COC(C)=O)[C@@H](OC(C)=O)[C@H](OC(C)=O)[C@H]2N2C(=O)c3ccccc3C2=O)[C@@H](OCc2ccccc2)[C@H](O[C@@H]2O[C@H](COC(C)=O)[C@@H](OC(C)=O)[C@H](OC(C)=O)[C@H]2N2C(=O)c3ccccc3C2=O)[C@@H]1OCc1ccccc1. The van der Waals surface area contributed by atoms with Crippen molar-refractivity contribution >= 4 is 65.4 Å². The van der Waals surface area contributed by atoms with E-state index in [0.717, 1.165) is 70.6 Å². The summed E-state index contributed by atoms with van der Waals surface area (Å²) in [4.78, 5) is 151. The zero-order chi connectivity index (χ0) is 70.2. The van der Waals surface area contributed by atoms with Crippen LogP contribution in [0.3, 0.4) is 0 Å². The molecule has 0 bridgehead atoms. The first-order valence-corrected chi connectivity index (χ1v) is 32.3. The molecule has 3 saturated heterocycles. The fourth-order valence-corrected chi connectivity index (χ4v) is 12.5. The topological polar surface area (TPSA) is 333 Å². The van der Waals surface area contributed by atoms with Crippen LogP contribution in [0.1, 0.15) is 139 Å². The van der Waals surface area contributed by atoms with Crippen LogP contribution in [-0.4, -0.2) is 201 Å². The maximum Gasteiger partial charge on any atom is 0.305 e. The maximum absolute atomic E-state index is 15.0. The van der Waals surface area contributed by atoms with Crippen molar-refractivity contribution in [1.82, 2.24) is 9.80 Å². The molecule has 0 aliphatic carbocycles. The Morgan fingerprint density at radius 3 is 1.19 bits per heavy atom. The van der Waals surface area contributed by atoms with Gasteiger partial charge in [0, 0.05) is 54.6 Å². The highest BCUT2D eigenvalue weighted by Crippen LogP contribution is 2.41. The minimum absolute atomic E-state index is 0.00148. The van der Waals surface area contributed by atoms with E-state index in [9.17, 15) is 52.7 Å². The van der Waals surface area contributed by atoms with Gasteiger partial charge >= 0.3 is 41.8 Å². The standard InChI is InChI=1S/C70H80N2O26/c1-39(73)86-36-52-58(91-41(3)75)60(93-43(5)77)55(71-64(80)47-28-19-20-29-48(47)65(71)81)68(95-52)90-38-51-57(88-34-45-24-14-12-15-25-45)62(63(89-35-46-26-16-13-17-27-46)70(97-51)85-33-23-11-9-8-10-18-32-54(79)84-7)98-69-56(72-66(82)49-30-21-22-31-50(49)67(72)83)61(94-44(6)78)59(92-42(4)76)53(96-69)37-87-40(2)74/h12-17,19-22,24-31,51-53,55-63,68-70H,8-11,18,23,32-38H2,1-7H3/t51-,52-,53-,55-,56-,57-,58-,59-,60-,61-,62+,63+,68-,69+,70+/m1/s1. The molecule has 0 unspecified atom stereocenters. The molecule has 98 heavy (non-hydrogen) atoms. The first kappa shape index (κ1) is 73.4. The molecule has 0 saturated carbocycles. The average Bonchev–Trinajstić information content (AvgIpc) is 1.55. The molecule has 4 amide bonds. The van der Waals surface area contributed by atoms with Gasteiger partial charge in [-0.25, -0.2) is 0 Å². The van der Waals surface area contributed by atoms with Crippen molar-refractivity contribution in [3.05, 3.63) is 143 Å². The van der Waals surface area contributed by atoms with E-state index in [0.29, 0.717) is 30.4 Å². The Labute approximate surface area is 564 Å². The lowest BCUT2D eigenvalue weighted by molar-refractivity contribution is -0.367. The van der Waals surface area contributed by atoms with Gasteiger partial charge in [0.25, 0.3) is 23.6 Å². The van der Waals surface area contributed by atoms with Crippen LogP contribution in [0.4, 0.5) is 0 Å². The van der Waals surface area contributed by atoms with Crippen LogP contribution in [-0.2, 0) is 118 Å². The van der Waals surface area contributed by atoms with Gasteiger partial charge in [0.2, 0.25) is 0 Å². The molecule has 0 radical (unpaired) electrons. The van der Waals surface area contributed by atoms with Crippen LogP contribution in [0.25, 0.3) is 0 Å². The molecule has 15 atom stereocenters. The van der Waals surface area contributed by atoms with Crippen molar-refractivity contribution in [2.45, 2.75) is 192 Å². The van der Waals surface area contributed by atoms with Gasteiger partial charge in [-0.2, -0.15) is 0 Å². The van der Waals surface area contributed by atoms with Gasteiger partial charge in [-0.3, -0.25) is 62.5 Å². The Balaban J connectivity index is 1.20. The van der Waals surface area contributed by atoms with Crippen molar-refractivity contribution < 1.29 is 124 Å². The van der Waals surface area contributed by atoms with Crippen molar-refractivity contribution in [1.29, 1.82) is 0 Å². The Morgan fingerprint density at radius 1 is 0.378 bits per heavy atom. The van der Waals surface area contributed by atoms with Gasteiger partial charge in [-0.1, -0.05) is 111 Å². The Kier molecular flexibility index (Phi) is 25.9. The number of rotatable bonds is 31. The third kappa shape index (κ3) is 18.3. The minimum Gasteiger partial charge on any atom is -0.469 e. The summed E-state index contributed by atoms with van der Waals surface area (Å²) in [6.07, 6.45) is -17.4. The lowest BCUT2D eigenvalue weighted by atomic mass is 9.93. The second kappa shape index (κ2) is 34.6. The van der Waals surface area contributed by atoms with Crippen molar-refractivity contribution in [2.75, 3.05) is 33.5 Å². The number of hydrogen-bond donors (Lipinski definition) is 0. The molecule has 3 fully saturated rings. The summed E-state index contributed by atoms with van der Waals surface area (Å²) in [5.74, 6) is -9.22. The number of esters is 7. The second-order valence-electron chi connectivity index (χ2n) is 23.8. The number of ether oxygens (including phenoxy) is 15. The quantitative estimate of drug-likeness (QED) is 0.0247. The number of carbonyl (C=O) groups excluding carboxylic acids is 11. The number of amides is 4. The number of fused-ring (bicyclic) bond motifs is 2. The predicted octanol–water partition coefficient (Wildman–Crippen LogP) is 5.84.